The van der Waals surface area contributed by atoms with Crippen LogP contribution in [0.1, 0.15) is 36.7 Å². The molecule has 148 valence electrons. The molecule has 6 heteroatoms. The van der Waals surface area contributed by atoms with Gasteiger partial charge in [-0.05, 0) is 36.8 Å². The van der Waals surface area contributed by atoms with Gasteiger partial charge in [0.15, 0.2) is 0 Å². The van der Waals surface area contributed by atoms with Gasteiger partial charge in [-0.1, -0.05) is 44.2 Å². The lowest BCUT2D eigenvalue weighted by Crippen LogP contribution is -2.43. The Morgan fingerprint density at radius 2 is 1.61 bits per heavy atom. The van der Waals surface area contributed by atoms with E-state index in [-0.39, 0.29) is 24.3 Å². The molecule has 2 amide bonds. The van der Waals surface area contributed by atoms with Gasteiger partial charge in [0, 0.05) is 23.6 Å². The van der Waals surface area contributed by atoms with Crippen LogP contribution in [0.5, 0.6) is 0 Å². The molecule has 2 N–H and O–H groups in total. The third kappa shape index (κ3) is 6.23. The highest BCUT2D eigenvalue weighted by atomic mass is 16.5. The predicted octanol–water partition coefficient (Wildman–Crippen LogP) is 3.19. The van der Waals surface area contributed by atoms with E-state index < -0.39 is 12.0 Å². The van der Waals surface area contributed by atoms with Gasteiger partial charge in [-0.15, -0.1) is 0 Å². The first-order valence-corrected chi connectivity index (χ1v) is 9.33. The van der Waals surface area contributed by atoms with E-state index in [2.05, 4.69) is 10.6 Å². The molecule has 28 heavy (non-hydrogen) atoms. The minimum atomic E-state index is -0.782. The molecule has 0 aliphatic carbocycles. The number of nitrogens with one attached hydrogen (secondary N) is 2. The molecule has 1 unspecified atom stereocenters. The fraction of sp³-hybridized carbons (Fsp3) is 0.318. The molecular weight excluding hydrogens is 356 g/mol. The molecule has 6 nitrogen and oxygen atoms in total. The summed E-state index contributed by atoms with van der Waals surface area (Å²) in [6, 6.07) is 15.2. The zero-order valence-corrected chi connectivity index (χ0v) is 16.4. The number of anilines is 1. The van der Waals surface area contributed by atoms with Crippen LogP contribution in [0, 0.1) is 5.92 Å². The van der Waals surface area contributed by atoms with Gasteiger partial charge in [0.25, 0.3) is 5.91 Å². The minimum Gasteiger partial charge on any atom is -0.464 e. The molecule has 0 spiro atoms. The van der Waals surface area contributed by atoms with Crippen LogP contribution in [-0.2, 0) is 20.7 Å². The Morgan fingerprint density at radius 1 is 0.964 bits per heavy atom. The first kappa shape index (κ1) is 21.2. The van der Waals surface area contributed by atoms with Crippen molar-refractivity contribution in [1.82, 2.24) is 5.32 Å². The average Bonchev–Trinajstić information content (AvgIpc) is 2.68. The van der Waals surface area contributed by atoms with Crippen LogP contribution in [-0.4, -0.2) is 30.4 Å². The van der Waals surface area contributed by atoms with Crippen LogP contribution in [0.15, 0.2) is 54.6 Å². The van der Waals surface area contributed by atoms with E-state index in [0.29, 0.717) is 17.7 Å². The van der Waals surface area contributed by atoms with Crippen molar-refractivity contribution in [3.63, 3.8) is 0 Å². The number of esters is 1. The Morgan fingerprint density at radius 3 is 2.18 bits per heavy atom. The quantitative estimate of drug-likeness (QED) is 0.687. The van der Waals surface area contributed by atoms with Gasteiger partial charge in [0.05, 0.1) is 6.61 Å². The van der Waals surface area contributed by atoms with Crippen LogP contribution in [0.3, 0.4) is 0 Å². The van der Waals surface area contributed by atoms with E-state index in [1.807, 2.05) is 30.3 Å². The summed E-state index contributed by atoms with van der Waals surface area (Å²) in [7, 11) is 0. The molecule has 0 bridgehead atoms. The largest absolute Gasteiger partial charge is 0.464 e. The molecule has 0 aromatic heterocycles. The second kappa shape index (κ2) is 10.3. The zero-order chi connectivity index (χ0) is 20.5. The lowest BCUT2D eigenvalue weighted by molar-refractivity contribution is -0.145. The Hall–Kier alpha value is -3.15. The van der Waals surface area contributed by atoms with Crippen molar-refractivity contribution < 1.29 is 19.1 Å². The van der Waals surface area contributed by atoms with E-state index in [0.717, 1.165) is 5.56 Å². The van der Waals surface area contributed by atoms with Crippen molar-refractivity contribution in [3.8, 4) is 0 Å². The van der Waals surface area contributed by atoms with Crippen molar-refractivity contribution in [3.05, 3.63) is 65.7 Å². The molecule has 0 saturated carbocycles. The van der Waals surface area contributed by atoms with E-state index >= 15 is 0 Å². The van der Waals surface area contributed by atoms with Gasteiger partial charge < -0.3 is 15.4 Å². The summed E-state index contributed by atoms with van der Waals surface area (Å²) in [5.74, 6) is -1.08. The summed E-state index contributed by atoms with van der Waals surface area (Å²) in [6.45, 7) is 5.58. The highest BCUT2D eigenvalue weighted by Crippen LogP contribution is 2.12. The highest BCUT2D eigenvalue weighted by molar-refractivity contribution is 5.98. The maximum atomic E-state index is 12.6. The number of benzene rings is 2. The zero-order valence-electron chi connectivity index (χ0n) is 16.4. The molecule has 0 aliphatic rings. The van der Waals surface area contributed by atoms with Crippen LogP contribution < -0.4 is 10.6 Å². The number of rotatable bonds is 8. The van der Waals surface area contributed by atoms with Crippen molar-refractivity contribution in [2.75, 3.05) is 11.9 Å². The topological polar surface area (TPSA) is 84.5 Å². The van der Waals surface area contributed by atoms with Crippen molar-refractivity contribution in [2.24, 2.45) is 5.92 Å². The molecule has 2 aromatic rings. The van der Waals surface area contributed by atoms with Crippen molar-refractivity contribution in [2.45, 2.75) is 33.2 Å². The summed E-state index contributed by atoms with van der Waals surface area (Å²) < 4.78 is 5.10. The average molecular weight is 382 g/mol. The van der Waals surface area contributed by atoms with Crippen molar-refractivity contribution in [1.29, 1.82) is 0 Å². The van der Waals surface area contributed by atoms with Gasteiger partial charge in [-0.25, -0.2) is 4.79 Å². The lowest BCUT2D eigenvalue weighted by atomic mass is 10.1. The Labute approximate surface area is 165 Å². The molecule has 0 fully saturated rings. The van der Waals surface area contributed by atoms with Crippen LogP contribution >= 0.6 is 0 Å². The van der Waals surface area contributed by atoms with Gasteiger partial charge in [-0.2, -0.15) is 0 Å². The van der Waals surface area contributed by atoms with Gasteiger partial charge in [-0.3, -0.25) is 9.59 Å². The monoisotopic (exact) mass is 382 g/mol. The Balaban J connectivity index is 2.07. The van der Waals surface area contributed by atoms with E-state index in [1.54, 1.807) is 45.0 Å². The molecule has 0 aliphatic heterocycles. The maximum absolute atomic E-state index is 12.6. The third-order valence-corrected chi connectivity index (χ3v) is 4.10. The minimum absolute atomic E-state index is 0.0950. The molecule has 0 heterocycles. The number of hydrogen-bond acceptors (Lipinski definition) is 4. The van der Waals surface area contributed by atoms with E-state index in [1.165, 1.54) is 0 Å². The first-order valence-electron chi connectivity index (χ1n) is 9.33. The van der Waals surface area contributed by atoms with Gasteiger partial charge >= 0.3 is 5.97 Å². The van der Waals surface area contributed by atoms with Gasteiger partial charge in [0.2, 0.25) is 5.91 Å². The smallest absolute Gasteiger partial charge is 0.328 e. The fourth-order valence-corrected chi connectivity index (χ4v) is 2.52. The standard InChI is InChI=1S/C22H26N2O4/c1-4-28-22(27)19(14-16-8-6-5-7-9-16)24-21(26)17-10-12-18(13-11-17)23-20(25)15(2)3/h5-13,15,19H,4,14H2,1-3H3,(H,23,25)(H,24,26). The first-order chi connectivity index (χ1) is 13.4. The summed E-state index contributed by atoms with van der Waals surface area (Å²) in [6.07, 6.45) is 0.341. The Bertz CT molecular complexity index is 801. The van der Waals surface area contributed by atoms with Gasteiger partial charge in [0.1, 0.15) is 6.04 Å². The predicted molar refractivity (Wildman–Crippen MR) is 108 cm³/mol. The van der Waals surface area contributed by atoms with Crippen LogP contribution in [0.4, 0.5) is 5.69 Å². The Kier molecular flexibility index (Phi) is 7.75. The fourth-order valence-electron chi connectivity index (χ4n) is 2.52. The molecule has 2 rings (SSSR count). The SMILES string of the molecule is CCOC(=O)C(Cc1ccccc1)NC(=O)c1ccc(NC(=O)C(C)C)cc1. The molecular formula is C22H26N2O4. The lowest BCUT2D eigenvalue weighted by Gasteiger charge is -2.17. The molecule has 0 radical (unpaired) electrons. The van der Waals surface area contributed by atoms with Crippen molar-refractivity contribution >= 4 is 23.5 Å². The number of amides is 2. The number of carbonyl (C=O) groups excluding carboxylic acids is 3. The second-order valence-corrected chi connectivity index (χ2v) is 6.69. The molecule has 2 aromatic carbocycles. The second-order valence-electron chi connectivity index (χ2n) is 6.69. The van der Waals surface area contributed by atoms with Crippen LogP contribution in [0.2, 0.25) is 0 Å². The maximum Gasteiger partial charge on any atom is 0.328 e. The van der Waals surface area contributed by atoms with E-state index in [9.17, 15) is 14.4 Å². The number of carbonyl (C=O) groups is 3. The van der Waals surface area contributed by atoms with Crippen LogP contribution in [0.25, 0.3) is 0 Å². The summed E-state index contributed by atoms with van der Waals surface area (Å²) in [4.78, 5) is 36.6. The highest BCUT2D eigenvalue weighted by Gasteiger charge is 2.23. The number of hydrogen-bond donors (Lipinski definition) is 2. The third-order valence-electron chi connectivity index (χ3n) is 4.10. The van der Waals surface area contributed by atoms with E-state index in [4.69, 9.17) is 4.74 Å². The summed E-state index contributed by atoms with van der Waals surface area (Å²) in [5, 5.41) is 5.52. The normalized spacial score (nSPS) is 11.6. The molecule has 1 atom stereocenters. The molecule has 0 saturated heterocycles. The number of ether oxygens (including phenoxy) is 1. The summed E-state index contributed by atoms with van der Waals surface area (Å²) in [5.41, 5.74) is 1.93. The summed E-state index contributed by atoms with van der Waals surface area (Å²) >= 11 is 0.